The van der Waals surface area contributed by atoms with E-state index < -0.39 is 5.82 Å². The first-order chi connectivity index (χ1) is 11.5. The van der Waals surface area contributed by atoms with Gasteiger partial charge >= 0.3 is 0 Å². The Morgan fingerprint density at radius 2 is 2.17 bits per heavy atom. The number of aryl methyl sites for hydroxylation is 2. The summed E-state index contributed by atoms with van der Waals surface area (Å²) in [6.45, 7) is 4.39. The molecule has 0 saturated carbocycles. The molecule has 2 heterocycles. The van der Waals surface area contributed by atoms with Crippen molar-refractivity contribution in [1.29, 1.82) is 0 Å². The molecule has 1 aliphatic rings. The molecule has 1 fully saturated rings. The number of halogens is 2. The molecule has 1 aliphatic heterocycles. The van der Waals surface area contributed by atoms with E-state index >= 15 is 0 Å². The molecule has 1 aromatic carbocycles. The average molecular weight is 349 g/mol. The second kappa shape index (κ2) is 6.73. The van der Waals surface area contributed by atoms with Gasteiger partial charge < -0.3 is 10.2 Å². The van der Waals surface area contributed by atoms with E-state index in [0.29, 0.717) is 30.3 Å². The third-order valence-electron chi connectivity index (χ3n) is 4.00. The van der Waals surface area contributed by atoms with Crippen LogP contribution in [0.3, 0.4) is 0 Å². The van der Waals surface area contributed by atoms with Crippen LogP contribution < -0.4 is 10.2 Å². The van der Waals surface area contributed by atoms with E-state index in [2.05, 4.69) is 15.3 Å². The van der Waals surface area contributed by atoms with Crippen molar-refractivity contribution in [2.45, 2.75) is 32.7 Å². The number of hydrogen-bond acceptors (Lipinski definition) is 4. The summed E-state index contributed by atoms with van der Waals surface area (Å²) in [7, 11) is 0. The van der Waals surface area contributed by atoms with Gasteiger partial charge in [-0.3, -0.25) is 4.79 Å². The lowest BCUT2D eigenvalue weighted by atomic mass is 10.2. The van der Waals surface area contributed by atoms with Crippen LogP contribution in [-0.4, -0.2) is 28.5 Å². The normalized spacial score (nSPS) is 17.4. The molecule has 0 radical (unpaired) electrons. The number of nitrogens with zero attached hydrogens (tertiary/aromatic N) is 3. The number of amides is 1. The van der Waals surface area contributed by atoms with Gasteiger partial charge in [0.25, 0.3) is 0 Å². The van der Waals surface area contributed by atoms with Crippen LogP contribution in [0.1, 0.15) is 24.9 Å². The number of anilines is 2. The maximum Gasteiger partial charge on any atom is 0.249 e. The van der Waals surface area contributed by atoms with Crippen molar-refractivity contribution in [3.63, 3.8) is 0 Å². The number of aromatic nitrogens is 2. The summed E-state index contributed by atoms with van der Waals surface area (Å²) in [5, 5.41) is 3.19. The van der Waals surface area contributed by atoms with Crippen molar-refractivity contribution in [2.75, 3.05) is 16.8 Å². The second-order valence-electron chi connectivity index (χ2n) is 5.72. The Labute approximate surface area is 144 Å². The molecule has 24 heavy (non-hydrogen) atoms. The number of carbonyl (C=O) groups is 1. The fourth-order valence-corrected chi connectivity index (χ4v) is 2.96. The Morgan fingerprint density at radius 3 is 2.88 bits per heavy atom. The number of hydrogen-bond donors (Lipinski definition) is 1. The van der Waals surface area contributed by atoms with Gasteiger partial charge in [-0.05, 0) is 38.0 Å². The van der Waals surface area contributed by atoms with Crippen LogP contribution >= 0.6 is 11.6 Å². The van der Waals surface area contributed by atoms with E-state index in [1.165, 1.54) is 12.1 Å². The third-order valence-corrected chi connectivity index (χ3v) is 4.29. The molecule has 1 N–H and O–H groups in total. The van der Waals surface area contributed by atoms with Crippen LogP contribution in [0.15, 0.2) is 24.3 Å². The number of nitrogens with one attached hydrogen (secondary N) is 1. The first kappa shape index (κ1) is 16.6. The lowest BCUT2D eigenvalue weighted by Gasteiger charge is -2.18. The maximum absolute atomic E-state index is 13.3. The first-order valence-corrected chi connectivity index (χ1v) is 8.23. The van der Waals surface area contributed by atoms with Gasteiger partial charge in [0.2, 0.25) is 5.91 Å². The largest absolute Gasteiger partial charge is 0.358 e. The van der Waals surface area contributed by atoms with Crippen LogP contribution in [0.5, 0.6) is 0 Å². The molecule has 1 atom stereocenters. The molecule has 1 amide bonds. The van der Waals surface area contributed by atoms with Gasteiger partial charge in [0.15, 0.2) is 0 Å². The third kappa shape index (κ3) is 3.33. The molecule has 3 rings (SSSR count). The Bertz CT molecular complexity index is 783. The van der Waals surface area contributed by atoms with E-state index in [9.17, 15) is 9.18 Å². The van der Waals surface area contributed by atoms with Gasteiger partial charge in [0.05, 0.1) is 5.02 Å². The minimum atomic E-state index is -0.495. The summed E-state index contributed by atoms with van der Waals surface area (Å²) in [6, 6.07) is 5.80. The Kier molecular flexibility index (Phi) is 4.66. The molecule has 2 aromatic rings. The summed E-state index contributed by atoms with van der Waals surface area (Å²) in [5.41, 5.74) is 1.53. The Morgan fingerprint density at radius 1 is 1.38 bits per heavy atom. The minimum absolute atomic E-state index is 0.00993. The zero-order valence-electron chi connectivity index (χ0n) is 13.5. The van der Waals surface area contributed by atoms with Crippen LogP contribution in [0.4, 0.5) is 15.9 Å². The molecule has 126 valence electrons. The zero-order chi connectivity index (χ0) is 17.3. The minimum Gasteiger partial charge on any atom is -0.358 e. The monoisotopic (exact) mass is 348 g/mol. The van der Waals surface area contributed by atoms with Crippen LogP contribution in [0.2, 0.25) is 5.02 Å². The van der Waals surface area contributed by atoms with Crippen LogP contribution in [0, 0.1) is 12.7 Å². The highest BCUT2D eigenvalue weighted by molar-refractivity contribution is 6.31. The van der Waals surface area contributed by atoms with Crippen molar-refractivity contribution < 1.29 is 9.18 Å². The summed E-state index contributed by atoms with van der Waals surface area (Å²) in [4.78, 5) is 22.9. The maximum atomic E-state index is 13.3. The van der Waals surface area contributed by atoms with Gasteiger partial charge in [-0.25, -0.2) is 14.4 Å². The van der Waals surface area contributed by atoms with Crippen LogP contribution in [-0.2, 0) is 11.2 Å². The molecule has 1 aromatic heterocycles. The number of benzene rings is 1. The summed E-state index contributed by atoms with van der Waals surface area (Å²) in [6.07, 6.45) is 1.44. The van der Waals surface area contributed by atoms with Crippen molar-refractivity contribution in [2.24, 2.45) is 0 Å². The predicted octanol–water partition coefficient (Wildman–Crippen LogP) is 3.36. The van der Waals surface area contributed by atoms with E-state index in [1.54, 1.807) is 11.0 Å². The molecule has 0 bridgehead atoms. The summed E-state index contributed by atoms with van der Waals surface area (Å²) in [5.74, 6) is 0.749. The van der Waals surface area contributed by atoms with Gasteiger partial charge in [0, 0.05) is 24.0 Å². The van der Waals surface area contributed by atoms with E-state index in [1.807, 2.05) is 19.9 Å². The molecule has 1 unspecified atom stereocenters. The molecule has 5 nitrogen and oxygen atoms in total. The highest BCUT2D eigenvalue weighted by Gasteiger charge is 2.33. The molecule has 7 heteroatoms. The quantitative estimate of drug-likeness (QED) is 0.920. The number of rotatable bonds is 4. The molecule has 0 spiro atoms. The molecular formula is C17H18ClFN4O. The fraction of sp³-hybridized carbons (Fsp3) is 0.353. The van der Waals surface area contributed by atoms with Gasteiger partial charge in [0.1, 0.15) is 23.5 Å². The Hall–Kier alpha value is -2.21. The first-order valence-electron chi connectivity index (χ1n) is 7.85. The van der Waals surface area contributed by atoms with E-state index in [-0.39, 0.29) is 17.0 Å². The zero-order valence-corrected chi connectivity index (χ0v) is 14.3. The van der Waals surface area contributed by atoms with Gasteiger partial charge in [-0.2, -0.15) is 0 Å². The van der Waals surface area contributed by atoms with Crippen molar-refractivity contribution >= 4 is 29.0 Å². The standard InChI is InChI=1S/C17H18ClFN4O/c1-3-11-8-16(21-10(2)20-11)22-15-6-7-23(17(15)24)12-4-5-14(19)13(18)9-12/h4-5,8-9,15H,3,6-7H2,1-2H3,(H,20,21,22). The highest BCUT2D eigenvalue weighted by Crippen LogP contribution is 2.27. The molecule has 1 saturated heterocycles. The fourth-order valence-electron chi connectivity index (χ4n) is 2.79. The lowest BCUT2D eigenvalue weighted by Crippen LogP contribution is -2.33. The predicted molar refractivity (Wildman–Crippen MR) is 91.9 cm³/mol. The Balaban J connectivity index is 1.76. The molecular weight excluding hydrogens is 331 g/mol. The summed E-state index contributed by atoms with van der Waals surface area (Å²) < 4.78 is 13.3. The smallest absolute Gasteiger partial charge is 0.249 e. The van der Waals surface area contributed by atoms with E-state index in [0.717, 1.165) is 12.1 Å². The van der Waals surface area contributed by atoms with E-state index in [4.69, 9.17) is 11.6 Å². The highest BCUT2D eigenvalue weighted by atomic mass is 35.5. The van der Waals surface area contributed by atoms with Gasteiger partial charge in [-0.15, -0.1) is 0 Å². The van der Waals surface area contributed by atoms with Gasteiger partial charge in [-0.1, -0.05) is 18.5 Å². The second-order valence-corrected chi connectivity index (χ2v) is 6.13. The van der Waals surface area contributed by atoms with Crippen LogP contribution in [0.25, 0.3) is 0 Å². The van der Waals surface area contributed by atoms with Crippen molar-refractivity contribution in [3.8, 4) is 0 Å². The summed E-state index contributed by atoms with van der Waals surface area (Å²) >= 11 is 5.81. The lowest BCUT2D eigenvalue weighted by molar-refractivity contribution is -0.117. The topological polar surface area (TPSA) is 58.1 Å². The average Bonchev–Trinajstić information content (AvgIpc) is 2.90. The van der Waals surface area contributed by atoms with Crippen molar-refractivity contribution in [1.82, 2.24) is 9.97 Å². The number of carbonyl (C=O) groups excluding carboxylic acids is 1. The van der Waals surface area contributed by atoms with Crippen molar-refractivity contribution in [3.05, 3.63) is 46.6 Å². The SMILES string of the molecule is CCc1cc(NC2CCN(c3ccc(F)c(Cl)c3)C2=O)nc(C)n1. The molecule has 0 aliphatic carbocycles.